The van der Waals surface area contributed by atoms with Crippen molar-refractivity contribution in [1.29, 1.82) is 0 Å². The lowest BCUT2D eigenvalue weighted by Gasteiger charge is -2.07. The van der Waals surface area contributed by atoms with Crippen LogP contribution < -0.4 is 10.1 Å². The summed E-state index contributed by atoms with van der Waals surface area (Å²) in [7, 11) is 0. The highest BCUT2D eigenvalue weighted by Crippen LogP contribution is 2.24. The molecular formula is C12H12ClN3O. The first kappa shape index (κ1) is 11.7. The van der Waals surface area contributed by atoms with Crippen molar-refractivity contribution >= 4 is 17.3 Å². The zero-order valence-electron chi connectivity index (χ0n) is 9.35. The second kappa shape index (κ2) is 5.50. The van der Waals surface area contributed by atoms with Gasteiger partial charge in [0, 0.05) is 24.9 Å². The first-order chi connectivity index (χ1) is 8.28. The van der Waals surface area contributed by atoms with Crippen LogP contribution in [0.2, 0.25) is 5.02 Å². The lowest BCUT2D eigenvalue weighted by atomic mass is 10.4. The largest absolute Gasteiger partial charge is 0.454 e. The molecule has 0 aliphatic carbocycles. The third-order valence-electron chi connectivity index (χ3n) is 2.01. The predicted molar refractivity (Wildman–Crippen MR) is 67.7 cm³/mol. The Labute approximate surface area is 105 Å². The van der Waals surface area contributed by atoms with Crippen LogP contribution in [0.3, 0.4) is 0 Å². The van der Waals surface area contributed by atoms with Gasteiger partial charge in [0.15, 0.2) is 0 Å². The fraction of sp³-hybridized carbons (Fsp3) is 0.167. The SMILES string of the molecule is CCNc1cncc(Oc2cncc(Cl)c2)c1. The fourth-order valence-corrected chi connectivity index (χ4v) is 1.52. The Morgan fingerprint density at radius 1 is 1.12 bits per heavy atom. The van der Waals surface area contributed by atoms with E-state index in [2.05, 4.69) is 15.3 Å². The summed E-state index contributed by atoms with van der Waals surface area (Å²) in [6, 6.07) is 3.58. The molecule has 0 aliphatic rings. The number of nitrogens with zero attached hydrogens (tertiary/aromatic N) is 2. The van der Waals surface area contributed by atoms with E-state index >= 15 is 0 Å². The second-order valence-corrected chi connectivity index (χ2v) is 3.82. The van der Waals surface area contributed by atoms with Gasteiger partial charge in [0.2, 0.25) is 0 Å². The monoisotopic (exact) mass is 249 g/mol. The van der Waals surface area contributed by atoms with E-state index in [0.29, 0.717) is 16.5 Å². The minimum Gasteiger partial charge on any atom is -0.454 e. The Balaban J connectivity index is 2.15. The highest BCUT2D eigenvalue weighted by Gasteiger charge is 2.00. The Bertz CT molecular complexity index is 505. The Morgan fingerprint density at radius 3 is 2.53 bits per heavy atom. The number of hydrogen-bond donors (Lipinski definition) is 1. The highest BCUT2D eigenvalue weighted by atomic mass is 35.5. The number of rotatable bonds is 4. The van der Waals surface area contributed by atoms with Crippen LogP contribution >= 0.6 is 11.6 Å². The molecule has 0 aromatic carbocycles. The molecule has 17 heavy (non-hydrogen) atoms. The van der Waals surface area contributed by atoms with Crippen LogP contribution in [0.15, 0.2) is 36.9 Å². The molecule has 2 aromatic rings. The maximum absolute atomic E-state index is 5.82. The minimum absolute atomic E-state index is 0.540. The van der Waals surface area contributed by atoms with Crippen molar-refractivity contribution < 1.29 is 4.74 Å². The molecule has 1 N–H and O–H groups in total. The van der Waals surface area contributed by atoms with Crippen LogP contribution in [0.1, 0.15) is 6.92 Å². The Hall–Kier alpha value is -1.81. The maximum atomic E-state index is 5.82. The van der Waals surface area contributed by atoms with E-state index in [-0.39, 0.29) is 0 Å². The van der Waals surface area contributed by atoms with E-state index in [1.54, 1.807) is 30.9 Å². The van der Waals surface area contributed by atoms with Crippen molar-refractivity contribution in [3.63, 3.8) is 0 Å². The van der Waals surface area contributed by atoms with Crippen LogP contribution in [0.5, 0.6) is 11.5 Å². The Kier molecular flexibility index (Phi) is 3.77. The number of nitrogens with one attached hydrogen (secondary N) is 1. The quantitative estimate of drug-likeness (QED) is 0.903. The van der Waals surface area contributed by atoms with E-state index in [9.17, 15) is 0 Å². The first-order valence-electron chi connectivity index (χ1n) is 5.25. The molecular weight excluding hydrogens is 238 g/mol. The molecule has 88 valence electrons. The van der Waals surface area contributed by atoms with Crippen molar-refractivity contribution in [3.05, 3.63) is 41.9 Å². The van der Waals surface area contributed by atoms with Gasteiger partial charge in [0.1, 0.15) is 11.5 Å². The standard InChI is InChI=1S/C12H12ClN3O/c1-2-16-10-4-12(8-15-6-10)17-11-3-9(13)5-14-7-11/h3-8,16H,2H2,1H3. The topological polar surface area (TPSA) is 47.0 Å². The first-order valence-corrected chi connectivity index (χ1v) is 5.63. The van der Waals surface area contributed by atoms with E-state index in [4.69, 9.17) is 16.3 Å². The van der Waals surface area contributed by atoms with Gasteiger partial charge in [-0.2, -0.15) is 0 Å². The molecule has 2 heterocycles. The molecule has 2 rings (SSSR count). The van der Waals surface area contributed by atoms with Crippen molar-refractivity contribution in [2.45, 2.75) is 6.92 Å². The molecule has 0 saturated heterocycles. The Morgan fingerprint density at radius 2 is 1.82 bits per heavy atom. The van der Waals surface area contributed by atoms with Crippen LogP contribution in [-0.4, -0.2) is 16.5 Å². The summed E-state index contributed by atoms with van der Waals surface area (Å²) in [5, 5.41) is 3.70. The molecule has 5 heteroatoms. The summed E-state index contributed by atoms with van der Waals surface area (Å²) in [6.45, 7) is 2.86. The van der Waals surface area contributed by atoms with Crippen LogP contribution in [0, 0.1) is 0 Å². The average Bonchev–Trinajstić information content (AvgIpc) is 2.30. The summed E-state index contributed by atoms with van der Waals surface area (Å²) in [5.41, 5.74) is 0.917. The zero-order chi connectivity index (χ0) is 12.1. The normalized spacial score (nSPS) is 10.0. The predicted octanol–water partition coefficient (Wildman–Crippen LogP) is 3.35. The van der Waals surface area contributed by atoms with Gasteiger partial charge in [0.05, 0.1) is 29.3 Å². The number of aromatic nitrogens is 2. The smallest absolute Gasteiger partial charge is 0.147 e. The summed E-state index contributed by atoms with van der Waals surface area (Å²) in [5.74, 6) is 1.24. The van der Waals surface area contributed by atoms with Gasteiger partial charge in [-0.15, -0.1) is 0 Å². The number of pyridine rings is 2. The lowest BCUT2D eigenvalue weighted by molar-refractivity contribution is 0.478. The molecule has 0 spiro atoms. The van der Waals surface area contributed by atoms with E-state index in [1.807, 2.05) is 13.0 Å². The number of ether oxygens (including phenoxy) is 1. The van der Waals surface area contributed by atoms with E-state index in [1.165, 1.54) is 0 Å². The third kappa shape index (κ3) is 3.32. The van der Waals surface area contributed by atoms with Gasteiger partial charge in [-0.05, 0) is 6.92 Å². The van der Waals surface area contributed by atoms with Crippen molar-refractivity contribution in [2.24, 2.45) is 0 Å². The molecule has 0 aliphatic heterocycles. The van der Waals surface area contributed by atoms with Crippen molar-refractivity contribution in [2.75, 3.05) is 11.9 Å². The molecule has 0 unspecified atom stereocenters. The number of halogens is 1. The molecule has 0 amide bonds. The maximum Gasteiger partial charge on any atom is 0.147 e. The van der Waals surface area contributed by atoms with Crippen LogP contribution in [0.25, 0.3) is 0 Å². The molecule has 0 radical (unpaired) electrons. The van der Waals surface area contributed by atoms with Gasteiger partial charge in [0.25, 0.3) is 0 Å². The third-order valence-corrected chi connectivity index (χ3v) is 2.22. The van der Waals surface area contributed by atoms with E-state index < -0.39 is 0 Å². The lowest BCUT2D eigenvalue weighted by Crippen LogP contribution is -1.97. The van der Waals surface area contributed by atoms with E-state index in [0.717, 1.165) is 12.2 Å². The van der Waals surface area contributed by atoms with Crippen LogP contribution in [-0.2, 0) is 0 Å². The number of hydrogen-bond acceptors (Lipinski definition) is 4. The van der Waals surface area contributed by atoms with Crippen LogP contribution in [0.4, 0.5) is 5.69 Å². The fourth-order valence-electron chi connectivity index (χ4n) is 1.36. The zero-order valence-corrected chi connectivity index (χ0v) is 10.1. The van der Waals surface area contributed by atoms with Gasteiger partial charge in [-0.3, -0.25) is 9.97 Å². The summed E-state index contributed by atoms with van der Waals surface area (Å²) < 4.78 is 5.60. The molecule has 2 aromatic heterocycles. The van der Waals surface area contributed by atoms with Gasteiger partial charge < -0.3 is 10.1 Å². The summed E-state index contributed by atoms with van der Waals surface area (Å²) in [4.78, 5) is 8.03. The summed E-state index contributed by atoms with van der Waals surface area (Å²) >= 11 is 5.82. The van der Waals surface area contributed by atoms with Crippen molar-refractivity contribution in [3.8, 4) is 11.5 Å². The molecule has 0 bridgehead atoms. The second-order valence-electron chi connectivity index (χ2n) is 3.38. The average molecular weight is 250 g/mol. The van der Waals surface area contributed by atoms with Gasteiger partial charge in [-0.25, -0.2) is 0 Å². The molecule has 0 atom stereocenters. The number of anilines is 1. The molecule has 0 saturated carbocycles. The van der Waals surface area contributed by atoms with Gasteiger partial charge >= 0.3 is 0 Å². The van der Waals surface area contributed by atoms with Crippen molar-refractivity contribution in [1.82, 2.24) is 9.97 Å². The minimum atomic E-state index is 0.540. The summed E-state index contributed by atoms with van der Waals surface area (Å²) in [6.07, 6.45) is 6.54. The molecule has 4 nitrogen and oxygen atoms in total. The highest BCUT2D eigenvalue weighted by molar-refractivity contribution is 6.30. The molecule has 0 fully saturated rings. The van der Waals surface area contributed by atoms with Gasteiger partial charge in [-0.1, -0.05) is 11.6 Å².